The van der Waals surface area contributed by atoms with Gasteiger partial charge in [-0.15, -0.1) is 0 Å². The molecule has 0 saturated carbocycles. The topological polar surface area (TPSA) is 70.7 Å². The van der Waals surface area contributed by atoms with Crippen molar-refractivity contribution < 1.29 is 14.3 Å². The lowest BCUT2D eigenvalue weighted by Crippen LogP contribution is -2.43. The summed E-state index contributed by atoms with van der Waals surface area (Å²) in [6, 6.07) is 5.37. The molecule has 0 spiro atoms. The van der Waals surface area contributed by atoms with Crippen LogP contribution in [0, 0.1) is 12.8 Å². The van der Waals surface area contributed by atoms with Gasteiger partial charge in [-0.2, -0.15) is 0 Å². The zero-order chi connectivity index (χ0) is 18.3. The zero-order valence-corrected chi connectivity index (χ0v) is 15.5. The molecule has 6 heteroatoms. The summed E-state index contributed by atoms with van der Waals surface area (Å²) in [4.78, 5) is 26.0. The van der Waals surface area contributed by atoms with E-state index in [1.807, 2.05) is 26.8 Å². The summed E-state index contributed by atoms with van der Waals surface area (Å²) in [5.41, 5.74) is 2.07. The van der Waals surface area contributed by atoms with Crippen molar-refractivity contribution in [2.75, 3.05) is 23.8 Å². The maximum absolute atomic E-state index is 12.6. The Hall–Kier alpha value is -2.24. The summed E-state index contributed by atoms with van der Waals surface area (Å²) in [7, 11) is 0. The second kappa shape index (κ2) is 9.15. The number of hydrogen-bond acceptors (Lipinski definition) is 3. The van der Waals surface area contributed by atoms with Crippen LogP contribution in [0.4, 0.5) is 21.0 Å². The number of carbonyl (C=O) groups excluding carboxylic acids is 2. The van der Waals surface area contributed by atoms with Crippen molar-refractivity contribution >= 4 is 23.5 Å². The van der Waals surface area contributed by atoms with E-state index in [4.69, 9.17) is 4.74 Å². The quantitative estimate of drug-likeness (QED) is 0.806. The van der Waals surface area contributed by atoms with Crippen molar-refractivity contribution in [3.8, 4) is 0 Å². The summed E-state index contributed by atoms with van der Waals surface area (Å²) in [5.74, 6) is 0.369. The molecule has 1 atom stereocenters. The lowest BCUT2D eigenvalue weighted by molar-refractivity contribution is 0.168. The highest BCUT2D eigenvalue weighted by Crippen LogP contribution is 2.24. The second-order valence-electron chi connectivity index (χ2n) is 6.02. The Morgan fingerprint density at radius 2 is 1.71 bits per heavy atom. The number of benzene rings is 1. The predicted octanol–water partition coefficient (Wildman–Crippen LogP) is 4.46. The Morgan fingerprint density at radius 3 is 2.21 bits per heavy atom. The average Bonchev–Trinajstić information content (AvgIpc) is 2.52. The highest BCUT2D eigenvalue weighted by molar-refractivity contribution is 5.93. The normalized spacial score (nSPS) is 11.8. The molecule has 0 fully saturated rings. The van der Waals surface area contributed by atoms with Gasteiger partial charge in [-0.25, -0.2) is 9.59 Å². The van der Waals surface area contributed by atoms with Gasteiger partial charge in [0.25, 0.3) is 0 Å². The highest BCUT2D eigenvalue weighted by Gasteiger charge is 2.21. The molecule has 24 heavy (non-hydrogen) atoms. The third-order valence-electron chi connectivity index (χ3n) is 4.15. The van der Waals surface area contributed by atoms with Crippen LogP contribution in [0.5, 0.6) is 0 Å². The van der Waals surface area contributed by atoms with E-state index in [2.05, 4.69) is 24.5 Å². The van der Waals surface area contributed by atoms with Crippen LogP contribution in [0.15, 0.2) is 18.2 Å². The van der Waals surface area contributed by atoms with Crippen molar-refractivity contribution in [1.29, 1.82) is 0 Å². The maximum atomic E-state index is 12.6. The minimum Gasteiger partial charge on any atom is -0.450 e. The Kier molecular flexibility index (Phi) is 7.55. The third kappa shape index (κ3) is 5.15. The van der Waals surface area contributed by atoms with Gasteiger partial charge in [0.1, 0.15) is 0 Å². The first-order valence-electron chi connectivity index (χ1n) is 8.42. The van der Waals surface area contributed by atoms with Gasteiger partial charge in [0.2, 0.25) is 0 Å². The molecule has 3 amide bonds. The van der Waals surface area contributed by atoms with Crippen LogP contribution in [0.2, 0.25) is 0 Å². The first-order valence-corrected chi connectivity index (χ1v) is 8.42. The fourth-order valence-electron chi connectivity index (χ4n) is 2.35. The van der Waals surface area contributed by atoms with Crippen LogP contribution >= 0.6 is 0 Å². The molecule has 0 aliphatic carbocycles. The molecule has 0 aliphatic heterocycles. The fourth-order valence-corrected chi connectivity index (χ4v) is 2.35. The van der Waals surface area contributed by atoms with Crippen LogP contribution in [0.3, 0.4) is 0 Å². The lowest BCUT2D eigenvalue weighted by Gasteiger charge is -2.31. The summed E-state index contributed by atoms with van der Waals surface area (Å²) in [6.45, 7) is 12.7. The summed E-state index contributed by atoms with van der Waals surface area (Å²) in [6.07, 6.45) is -0.507. The maximum Gasteiger partial charge on any atom is 0.411 e. The summed E-state index contributed by atoms with van der Waals surface area (Å²) >= 11 is 0. The first-order chi connectivity index (χ1) is 11.3. The van der Waals surface area contributed by atoms with Gasteiger partial charge in [-0.05, 0) is 51.3 Å². The van der Waals surface area contributed by atoms with E-state index < -0.39 is 6.09 Å². The molecule has 1 rings (SSSR count). The van der Waals surface area contributed by atoms with Gasteiger partial charge in [-0.3, -0.25) is 5.32 Å². The summed E-state index contributed by atoms with van der Waals surface area (Å²) in [5, 5.41) is 5.62. The summed E-state index contributed by atoms with van der Waals surface area (Å²) < 4.78 is 4.89. The van der Waals surface area contributed by atoms with Gasteiger partial charge >= 0.3 is 12.1 Å². The number of hydrogen-bond donors (Lipinski definition) is 2. The molecule has 6 nitrogen and oxygen atoms in total. The number of carbonyl (C=O) groups is 2. The van der Waals surface area contributed by atoms with Gasteiger partial charge < -0.3 is 15.0 Å². The van der Waals surface area contributed by atoms with Crippen LogP contribution < -0.4 is 10.6 Å². The Bertz CT molecular complexity index is 573. The second-order valence-corrected chi connectivity index (χ2v) is 6.02. The Labute approximate surface area is 144 Å². The fraction of sp³-hybridized carbons (Fsp3) is 0.556. The highest BCUT2D eigenvalue weighted by atomic mass is 16.5. The Morgan fingerprint density at radius 1 is 1.12 bits per heavy atom. The van der Waals surface area contributed by atoms with Gasteiger partial charge in [0, 0.05) is 24.0 Å². The Balaban J connectivity index is 2.91. The number of nitrogens with one attached hydrogen (secondary N) is 2. The average molecular weight is 335 g/mol. The number of amides is 3. The third-order valence-corrected chi connectivity index (χ3v) is 4.15. The van der Waals surface area contributed by atoms with Crippen LogP contribution in [-0.2, 0) is 4.74 Å². The molecule has 0 aromatic heterocycles. The zero-order valence-electron chi connectivity index (χ0n) is 15.5. The van der Waals surface area contributed by atoms with Crippen molar-refractivity contribution in [2.24, 2.45) is 5.92 Å². The van der Waals surface area contributed by atoms with E-state index in [0.29, 0.717) is 30.4 Å². The van der Waals surface area contributed by atoms with E-state index in [1.54, 1.807) is 24.0 Å². The van der Waals surface area contributed by atoms with E-state index in [0.717, 1.165) is 5.56 Å². The smallest absolute Gasteiger partial charge is 0.411 e. The van der Waals surface area contributed by atoms with Crippen molar-refractivity contribution in [3.05, 3.63) is 23.8 Å². The van der Waals surface area contributed by atoms with Gasteiger partial charge in [0.15, 0.2) is 0 Å². The van der Waals surface area contributed by atoms with Crippen LogP contribution in [0.1, 0.15) is 40.2 Å². The molecule has 0 radical (unpaired) electrons. The van der Waals surface area contributed by atoms with Gasteiger partial charge in [-0.1, -0.05) is 19.9 Å². The molecule has 0 bridgehead atoms. The van der Waals surface area contributed by atoms with E-state index >= 15 is 0 Å². The van der Waals surface area contributed by atoms with Gasteiger partial charge in [0.05, 0.1) is 6.61 Å². The molecule has 1 aromatic rings. The minimum atomic E-state index is -0.507. The predicted molar refractivity (Wildman–Crippen MR) is 97.5 cm³/mol. The first kappa shape index (κ1) is 19.8. The number of ether oxygens (including phenoxy) is 1. The molecule has 2 N–H and O–H groups in total. The van der Waals surface area contributed by atoms with Crippen LogP contribution in [-0.4, -0.2) is 36.2 Å². The standard InChI is InChI=1S/C18H29N3O3/c1-7-21(14(6)12(3)4)17(22)19-15-10-9-11-16(13(15)5)20-18(23)24-8-2/h9-12,14H,7-8H2,1-6H3,(H,19,22)(H,20,23)/t14-/m1/s1. The van der Waals surface area contributed by atoms with E-state index in [1.165, 1.54) is 0 Å². The molecule has 134 valence electrons. The molecule has 0 aliphatic rings. The molecule has 1 aromatic carbocycles. The SMILES string of the molecule is CCOC(=O)Nc1cccc(NC(=O)N(CC)[C@H](C)C(C)C)c1C. The van der Waals surface area contributed by atoms with Crippen molar-refractivity contribution in [2.45, 2.75) is 47.6 Å². The molecule has 0 heterocycles. The van der Waals surface area contributed by atoms with Crippen molar-refractivity contribution in [3.63, 3.8) is 0 Å². The van der Waals surface area contributed by atoms with Crippen LogP contribution in [0.25, 0.3) is 0 Å². The number of anilines is 2. The molecular weight excluding hydrogens is 306 g/mol. The monoisotopic (exact) mass is 335 g/mol. The number of urea groups is 1. The molecule has 0 saturated heterocycles. The number of rotatable bonds is 6. The number of nitrogens with zero attached hydrogens (tertiary/aromatic N) is 1. The van der Waals surface area contributed by atoms with E-state index in [9.17, 15) is 9.59 Å². The lowest BCUT2D eigenvalue weighted by atomic mass is 10.1. The van der Waals surface area contributed by atoms with Crippen molar-refractivity contribution in [1.82, 2.24) is 4.90 Å². The van der Waals surface area contributed by atoms with E-state index in [-0.39, 0.29) is 12.1 Å². The minimum absolute atomic E-state index is 0.135. The molecule has 0 unspecified atom stereocenters. The molecular formula is C18H29N3O3. The largest absolute Gasteiger partial charge is 0.450 e.